The predicted molar refractivity (Wildman–Crippen MR) is 88.3 cm³/mol. The number of thiazole rings is 1. The maximum absolute atomic E-state index is 12.9. The second-order valence-electron chi connectivity index (χ2n) is 5.08. The largest absolute Gasteiger partial charge is 0.435 e. The molecule has 3 rings (SSSR count). The van der Waals surface area contributed by atoms with Gasteiger partial charge in [0.1, 0.15) is 0 Å². The summed E-state index contributed by atoms with van der Waals surface area (Å²) in [5, 5.41) is 3.81. The fourth-order valence-corrected chi connectivity index (χ4v) is 3.46. The van der Waals surface area contributed by atoms with E-state index in [9.17, 15) is 18.0 Å². The van der Waals surface area contributed by atoms with Gasteiger partial charge in [-0.2, -0.15) is 18.3 Å². The molecular formula is C15H10ClF3N4OS. The van der Waals surface area contributed by atoms with Crippen molar-refractivity contribution in [3.63, 3.8) is 0 Å². The normalized spacial score (nSPS) is 11.7. The van der Waals surface area contributed by atoms with E-state index in [2.05, 4.69) is 10.1 Å². The molecule has 0 unspecified atom stereocenters. The van der Waals surface area contributed by atoms with Crippen LogP contribution in [0.3, 0.4) is 0 Å². The molecule has 0 radical (unpaired) electrons. The predicted octanol–water partition coefficient (Wildman–Crippen LogP) is 3.98. The van der Waals surface area contributed by atoms with Gasteiger partial charge < -0.3 is 5.73 Å². The fraction of sp³-hybridized carbons (Fsp3) is 0.133. The second-order valence-corrected chi connectivity index (χ2v) is 6.48. The lowest BCUT2D eigenvalue weighted by Crippen LogP contribution is -2.10. The van der Waals surface area contributed by atoms with Crippen LogP contribution in [0, 0.1) is 0 Å². The number of halogens is 4. The van der Waals surface area contributed by atoms with Crippen LogP contribution < -0.4 is 5.73 Å². The second kappa shape index (κ2) is 6.16. The van der Waals surface area contributed by atoms with Gasteiger partial charge in [-0.25, -0.2) is 4.98 Å². The molecule has 0 spiro atoms. The third-order valence-electron chi connectivity index (χ3n) is 3.37. The zero-order valence-electron chi connectivity index (χ0n) is 12.6. The first-order valence-electron chi connectivity index (χ1n) is 6.85. The number of alkyl halides is 3. The highest BCUT2D eigenvalue weighted by Crippen LogP contribution is 2.41. The summed E-state index contributed by atoms with van der Waals surface area (Å²) in [6.07, 6.45) is -4.59. The molecule has 2 heterocycles. The van der Waals surface area contributed by atoms with E-state index >= 15 is 0 Å². The summed E-state index contributed by atoms with van der Waals surface area (Å²) in [6.45, 7) is 0. The van der Waals surface area contributed by atoms with E-state index < -0.39 is 17.8 Å². The molecule has 130 valence electrons. The van der Waals surface area contributed by atoms with Crippen LogP contribution in [-0.2, 0) is 13.2 Å². The number of rotatable bonds is 3. The number of aryl methyl sites for hydroxylation is 1. The molecule has 0 aliphatic rings. The van der Waals surface area contributed by atoms with Crippen molar-refractivity contribution in [2.75, 3.05) is 0 Å². The van der Waals surface area contributed by atoms with Crippen LogP contribution >= 0.6 is 22.9 Å². The van der Waals surface area contributed by atoms with Gasteiger partial charge in [-0.1, -0.05) is 29.8 Å². The van der Waals surface area contributed by atoms with Crippen LogP contribution in [-0.4, -0.2) is 20.7 Å². The van der Waals surface area contributed by atoms with E-state index in [0.717, 1.165) is 22.1 Å². The monoisotopic (exact) mass is 386 g/mol. The van der Waals surface area contributed by atoms with Crippen molar-refractivity contribution in [1.29, 1.82) is 0 Å². The minimum Gasteiger partial charge on any atom is -0.364 e. The molecule has 1 amide bonds. The average molecular weight is 387 g/mol. The van der Waals surface area contributed by atoms with Gasteiger partial charge in [0.2, 0.25) is 0 Å². The molecule has 0 fully saturated rings. The van der Waals surface area contributed by atoms with Gasteiger partial charge in [0.15, 0.2) is 10.7 Å². The van der Waals surface area contributed by atoms with E-state index in [-0.39, 0.29) is 16.4 Å². The smallest absolute Gasteiger partial charge is 0.364 e. The van der Waals surface area contributed by atoms with Crippen molar-refractivity contribution >= 4 is 28.8 Å². The Hall–Kier alpha value is -2.39. The van der Waals surface area contributed by atoms with E-state index in [1.165, 1.54) is 7.05 Å². The average Bonchev–Trinajstić information content (AvgIpc) is 3.11. The van der Waals surface area contributed by atoms with Crippen molar-refractivity contribution in [3.05, 3.63) is 46.1 Å². The molecule has 25 heavy (non-hydrogen) atoms. The molecule has 0 atom stereocenters. The Bertz CT molecular complexity index is 964. The van der Waals surface area contributed by atoms with Crippen LogP contribution in [0.25, 0.3) is 21.8 Å². The maximum Gasteiger partial charge on any atom is 0.435 e. The summed E-state index contributed by atoms with van der Waals surface area (Å²) < 4.78 is 39.9. The third-order valence-corrected chi connectivity index (χ3v) is 4.79. The zero-order chi connectivity index (χ0) is 18.4. The van der Waals surface area contributed by atoms with Gasteiger partial charge in [-0.15, -0.1) is 11.3 Å². The fourth-order valence-electron chi connectivity index (χ4n) is 2.25. The summed E-state index contributed by atoms with van der Waals surface area (Å²) >= 11 is 7.06. The highest BCUT2D eigenvalue weighted by atomic mass is 35.5. The SMILES string of the molecule is Cn1nc(C(F)(F)F)cc1-c1sc(C(N)=O)nc1-c1ccccc1Cl. The van der Waals surface area contributed by atoms with Gasteiger partial charge in [-0.05, 0) is 12.1 Å². The highest BCUT2D eigenvalue weighted by Gasteiger charge is 2.35. The number of hydrogen-bond acceptors (Lipinski definition) is 4. The summed E-state index contributed by atoms with van der Waals surface area (Å²) in [4.78, 5) is 16.0. The standard InChI is InChI=1S/C15H10ClF3N4OS/c1-23-9(6-10(22-23)15(17,18)19)12-11(21-14(25-12)13(20)24)7-4-2-3-5-8(7)16/h2-6H,1H3,(H2,20,24). The van der Waals surface area contributed by atoms with Crippen molar-refractivity contribution in [2.24, 2.45) is 12.8 Å². The Kier molecular flexibility index (Phi) is 4.29. The van der Waals surface area contributed by atoms with E-state index in [4.69, 9.17) is 17.3 Å². The van der Waals surface area contributed by atoms with Crippen molar-refractivity contribution in [2.45, 2.75) is 6.18 Å². The molecule has 0 bridgehead atoms. The zero-order valence-corrected chi connectivity index (χ0v) is 14.2. The van der Waals surface area contributed by atoms with E-state index in [1.807, 2.05) is 0 Å². The molecule has 0 saturated carbocycles. The van der Waals surface area contributed by atoms with Crippen LogP contribution in [0.2, 0.25) is 5.02 Å². The first-order valence-corrected chi connectivity index (χ1v) is 8.05. The van der Waals surface area contributed by atoms with Crippen molar-refractivity contribution < 1.29 is 18.0 Å². The third kappa shape index (κ3) is 3.24. The Labute approximate surface area is 148 Å². The molecule has 0 aliphatic heterocycles. The van der Waals surface area contributed by atoms with Crippen LogP contribution in [0.4, 0.5) is 13.2 Å². The summed E-state index contributed by atoms with van der Waals surface area (Å²) in [5.74, 6) is -0.775. The molecule has 1 aromatic carbocycles. The number of amides is 1. The number of aromatic nitrogens is 3. The Morgan fingerprint density at radius 1 is 1.32 bits per heavy atom. The van der Waals surface area contributed by atoms with Crippen LogP contribution in [0.1, 0.15) is 15.5 Å². The lowest BCUT2D eigenvalue weighted by molar-refractivity contribution is -0.141. The quantitative estimate of drug-likeness (QED) is 0.739. The highest BCUT2D eigenvalue weighted by molar-refractivity contribution is 7.17. The molecule has 3 aromatic rings. The molecule has 5 nitrogen and oxygen atoms in total. The van der Waals surface area contributed by atoms with Gasteiger partial charge >= 0.3 is 6.18 Å². The Morgan fingerprint density at radius 2 is 2.00 bits per heavy atom. The number of carbonyl (C=O) groups is 1. The number of hydrogen-bond donors (Lipinski definition) is 1. The Morgan fingerprint density at radius 3 is 2.56 bits per heavy atom. The van der Waals surface area contributed by atoms with Gasteiger partial charge in [0, 0.05) is 12.6 Å². The van der Waals surface area contributed by atoms with Gasteiger partial charge in [0.05, 0.1) is 21.3 Å². The number of nitrogens with two attached hydrogens (primary N) is 1. The van der Waals surface area contributed by atoms with Crippen LogP contribution in [0.5, 0.6) is 0 Å². The van der Waals surface area contributed by atoms with E-state index in [1.54, 1.807) is 24.3 Å². The molecule has 0 saturated heterocycles. The summed E-state index contributed by atoms with van der Waals surface area (Å²) in [7, 11) is 1.38. The van der Waals surface area contributed by atoms with Crippen LogP contribution in [0.15, 0.2) is 30.3 Å². The number of carbonyl (C=O) groups excluding carboxylic acids is 1. The molecule has 2 N–H and O–H groups in total. The van der Waals surface area contributed by atoms with Crippen molar-refractivity contribution in [3.8, 4) is 21.8 Å². The van der Waals surface area contributed by atoms with E-state index in [0.29, 0.717) is 15.5 Å². The number of benzene rings is 1. The maximum atomic E-state index is 12.9. The molecular weight excluding hydrogens is 377 g/mol. The minimum atomic E-state index is -4.59. The lowest BCUT2D eigenvalue weighted by Gasteiger charge is -2.04. The first kappa shape index (κ1) is 17.4. The summed E-state index contributed by atoms with van der Waals surface area (Å²) in [5.41, 5.74) is 5.16. The van der Waals surface area contributed by atoms with Gasteiger partial charge in [0.25, 0.3) is 5.91 Å². The lowest BCUT2D eigenvalue weighted by atomic mass is 10.1. The molecule has 10 heteroatoms. The first-order chi connectivity index (χ1) is 11.7. The molecule has 0 aliphatic carbocycles. The molecule has 2 aromatic heterocycles. The van der Waals surface area contributed by atoms with Crippen molar-refractivity contribution in [1.82, 2.24) is 14.8 Å². The Balaban J connectivity index is 2.25. The number of nitrogens with zero attached hydrogens (tertiary/aromatic N) is 3. The number of primary amides is 1. The minimum absolute atomic E-state index is 0.0281. The topological polar surface area (TPSA) is 73.8 Å². The van der Waals surface area contributed by atoms with Gasteiger partial charge in [-0.3, -0.25) is 9.48 Å². The summed E-state index contributed by atoms with van der Waals surface area (Å²) in [6, 6.07) is 7.59.